The predicted molar refractivity (Wildman–Crippen MR) is 130 cm³/mol. The second kappa shape index (κ2) is 9.85. The highest BCUT2D eigenvalue weighted by Crippen LogP contribution is 2.24. The van der Waals surface area contributed by atoms with Gasteiger partial charge in [0.05, 0.1) is 4.90 Å². The van der Waals surface area contributed by atoms with E-state index < -0.39 is 10.0 Å². The fourth-order valence-corrected chi connectivity index (χ4v) is 5.84. The Kier molecular flexibility index (Phi) is 6.95. The largest absolute Gasteiger partial charge is 0.371 e. The number of rotatable bonds is 8. The zero-order valence-corrected chi connectivity index (χ0v) is 19.3. The van der Waals surface area contributed by atoms with Crippen LogP contribution < -0.4 is 14.9 Å². The molecule has 0 bridgehead atoms. The Morgan fingerprint density at radius 2 is 1.74 bits per heavy atom. The molecule has 31 heavy (non-hydrogen) atoms. The first-order valence-electron chi connectivity index (χ1n) is 10.7. The molecule has 0 saturated carbocycles. The van der Waals surface area contributed by atoms with Gasteiger partial charge in [0.2, 0.25) is 0 Å². The number of sulfonamides is 1. The van der Waals surface area contributed by atoms with Crippen molar-refractivity contribution in [1.29, 1.82) is 0 Å². The fraction of sp³-hybridized carbons (Fsp3) is 0.333. The lowest BCUT2D eigenvalue weighted by molar-refractivity contribution is 0.375. The van der Waals surface area contributed by atoms with Crippen LogP contribution in [0.15, 0.2) is 76.3 Å². The molecule has 1 aromatic heterocycles. The normalized spacial score (nSPS) is 16.2. The summed E-state index contributed by atoms with van der Waals surface area (Å²) in [6.07, 6.45) is 3.29. The molecule has 0 spiro atoms. The molecular weight excluding hydrogens is 426 g/mol. The molecule has 1 aliphatic heterocycles. The van der Waals surface area contributed by atoms with Crippen molar-refractivity contribution >= 4 is 32.7 Å². The number of nitrogens with one attached hydrogen (secondary N) is 2. The molecule has 1 fully saturated rings. The van der Waals surface area contributed by atoms with Gasteiger partial charge in [-0.05, 0) is 85.0 Å². The van der Waals surface area contributed by atoms with E-state index in [9.17, 15) is 8.42 Å². The number of benzene rings is 2. The van der Waals surface area contributed by atoms with Gasteiger partial charge in [0.15, 0.2) is 0 Å². The van der Waals surface area contributed by atoms with Crippen molar-refractivity contribution in [3.8, 4) is 0 Å². The molecule has 7 heteroatoms. The minimum atomic E-state index is -3.56. The number of hydrogen-bond donors (Lipinski definition) is 2. The van der Waals surface area contributed by atoms with Gasteiger partial charge in [-0.1, -0.05) is 18.2 Å². The van der Waals surface area contributed by atoms with E-state index in [0.717, 1.165) is 38.0 Å². The summed E-state index contributed by atoms with van der Waals surface area (Å²) in [5.41, 5.74) is 3.12. The van der Waals surface area contributed by atoms with E-state index in [2.05, 4.69) is 38.7 Å². The second-order valence-electron chi connectivity index (χ2n) is 8.13. The number of anilines is 2. The van der Waals surface area contributed by atoms with E-state index in [1.165, 1.54) is 5.56 Å². The van der Waals surface area contributed by atoms with Gasteiger partial charge in [-0.3, -0.25) is 4.72 Å². The van der Waals surface area contributed by atoms with Crippen molar-refractivity contribution in [3.63, 3.8) is 0 Å². The Morgan fingerprint density at radius 3 is 2.39 bits per heavy atom. The Bertz CT molecular complexity index is 1040. The average Bonchev–Trinajstić information content (AvgIpc) is 3.28. The van der Waals surface area contributed by atoms with Crippen LogP contribution in [0.25, 0.3) is 0 Å². The molecule has 1 atom stereocenters. The van der Waals surface area contributed by atoms with E-state index in [1.807, 2.05) is 24.3 Å². The molecule has 0 aliphatic carbocycles. The molecular formula is C24H29N3O2S2. The first-order valence-corrected chi connectivity index (χ1v) is 13.1. The van der Waals surface area contributed by atoms with Gasteiger partial charge in [-0.15, -0.1) is 0 Å². The summed E-state index contributed by atoms with van der Waals surface area (Å²) in [6, 6.07) is 19.3. The zero-order chi connectivity index (χ0) is 21.7. The van der Waals surface area contributed by atoms with Crippen molar-refractivity contribution in [3.05, 3.63) is 77.0 Å². The van der Waals surface area contributed by atoms with Crippen LogP contribution in [-0.4, -0.2) is 33.6 Å². The molecule has 164 valence electrons. The van der Waals surface area contributed by atoms with Gasteiger partial charge in [0.1, 0.15) is 0 Å². The average molecular weight is 456 g/mol. The molecule has 2 heterocycles. The van der Waals surface area contributed by atoms with Crippen LogP contribution in [0.3, 0.4) is 0 Å². The third-order valence-corrected chi connectivity index (χ3v) is 7.80. The Morgan fingerprint density at radius 1 is 1.03 bits per heavy atom. The van der Waals surface area contributed by atoms with Gasteiger partial charge in [-0.2, -0.15) is 11.3 Å². The first kappa shape index (κ1) is 21.9. The molecule has 2 N–H and O–H groups in total. The number of nitrogens with zero attached hydrogens (tertiary/aromatic N) is 1. The van der Waals surface area contributed by atoms with Gasteiger partial charge in [0.25, 0.3) is 10.0 Å². The maximum absolute atomic E-state index is 12.5. The van der Waals surface area contributed by atoms with Crippen LogP contribution in [0.1, 0.15) is 25.3 Å². The smallest absolute Gasteiger partial charge is 0.261 e. The van der Waals surface area contributed by atoms with E-state index in [0.29, 0.717) is 17.8 Å². The van der Waals surface area contributed by atoms with Crippen molar-refractivity contribution < 1.29 is 8.42 Å². The SMILES string of the molecule is CC(Cc1ccsc1)NC1CCN(c2ccc(NS(=O)(=O)c3ccccc3)cc2)CC1. The van der Waals surface area contributed by atoms with Crippen LogP contribution in [0.4, 0.5) is 11.4 Å². The summed E-state index contributed by atoms with van der Waals surface area (Å²) >= 11 is 1.76. The lowest BCUT2D eigenvalue weighted by Gasteiger charge is -2.35. The standard InChI is InChI=1S/C24H29N3O2S2/c1-19(17-20-13-16-30-18-20)25-21-11-14-27(15-12-21)23-9-7-22(8-10-23)26-31(28,29)24-5-3-2-4-6-24/h2-10,13,16,18-19,21,25-26H,11-12,14-15,17H2,1H3. The highest BCUT2D eigenvalue weighted by molar-refractivity contribution is 7.92. The molecule has 2 aromatic carbocycles. The maximum atomic E-state index is 12.5. The number of hydrogen-bond acceptors (Lipinski definition) is 5. The van der Waals surface area contributed by atoms with E-state index >= 15 is 0 Å². The minimum absolute atomic E-state index is 0.266. The van der Waals surface area contributed by atoms with Crippen molar-refractivity contribution in [2.45, 2.75) is 43.2 Å². The molecule has 5 nitrogen and oxygen atoms in total. The van der Waals surface area contributed by atoms with Crippen LogP contribution in [0.2, 0.25) is 0 Å². The summed E-state index contributed by atoms with van der Waals surface area (Å²) in [7, 11) is -3.56. The Hall–Kier alpha value is -2.35. The summed E-state index contributed by atoms with van der Waals surface area (Å²) in [6.45, 7) is 4.26. The second-order valence-corrected chi connectivity index (χ2v) is 10.6. The molecule has 1 unspecified atom stereocenters. The monoisotopic (exact) mass is 455 g/mol. The van der Waals surface area contributed by atoms with Crippen molar-refractivity contribution in [2.75, 3.05) is 22.7 Å². The molecule has 1 saturated heterocycles. The lowest BCUT2D eigenvalue weighted by Crippen LogP contribution is -2.46. The lowest BCUT2D eigenvalue weighted by atomic mass is 10.0. The van der Waals surface area contributed by atoms with Gasteiger partial charge in [-0.25, -0.2) is 8.42 Å². The quantitative estimate of drug-likeness (QED) is 0.515. The van der Waals surface area contributed by atoms with Crippen LogP contribution in [0.5, 0.6) is 0 Å². The van der Waals surface area contributed by atoms with E-state index in [1.54, 1.807) is 41.7 Å². The Balaban J connectivity index is 1.28. The topological polar surface area (TPSA) is 61.4 Å². The fourth-order valence-electron chi connectivity index (χ4n) is 4.08. The van der Waals surface area contributed by atoms with Gasteiger partial charge >= 0.3 is 0 Å². The van der Waals surface area contributed by atoms with Crippen molar-refractivity contribution in [1.82, 2.24) is 5.32 Å². The molecule has 0 radical (unpaired) electrons. The predicted octanol–water partition coefficient (Wildman–Crippen LogP) is 4.74. The summed E-state index contributed by atoms with van der Waals surface area (Å²) in [4.78, 5) is 2.64. The summed E-state index contributed by atoms with van der Waals surface area (Å²) in [5.74, 6) is 0. The summed E-state index contributed by atoms with van der Waals surface area (Å²) in [5, 5.41) is 8.14. The third-order valence-electron chi connectivity index (χ3n) is 5.68. The number of piperidine rings is 1. The Labute approximate surface area is 189 Å². The minimum Gasteiger partial charge on any atom is -0.371 e. The maximum Gasteiger partial charge on any atom is 0.261 e. The highest BCUT2D eigenvalue weighted by Gasteiger charge is 2.21. The third kappa shape index (κ3) is 5.87. The molecule has 1 aliphatic rings. The van der Waals surface area contributed by atoms with E-state index in [-0.39, 0.29) is 4.90 Å². The zero-order valence-electron chi connectivity index (χ0n) is 17.7. The van der Waals surface area contributed by atoms with Gasteiger partial charge < -0.3 is 10.2 Å². The van der Waals surface area contributed by atoms with E-state index in [4.69, 9.17) is 0 Å². The molecule has 0 amide bonds. The van der Waals surface area contributed by atoms with Gasteiger partial charge in [0, 0.05) is 36.5 Å². The van der Waals surface area contributed by atoms with Crippen molar-refractivity contribution in [2.24, 2.45) is 0 Å². The van der Waals surface area contributed by atoms with Crippen LogP contribution in [-0.2, 0) is 16.4 Å². The van der Waals surface area contributed by atoms with Crippen LogP contribution >= 0.6 is 11.3 Å². The highest BCUT2D eigenvalue weighted by atomic mass is 32.2. The first-order chi connectivity index (χ1) is 15.0. The number of thiophene rings is 1. The van der Waals surface area contributed by atoms with Crippen LogP contribution in [0, 0.1) is 0 Å². The molecule has 3 aromatic rings. The molecule has 4 rings (SSSR count). The summed E-state index contributed by atoms with van der Waals surface area (Å²) < 4.78 is 27.6.